The maximum absolute atomic E-state index is 12.1. The minimum Gasteiger partial charge on any atom is -0.395 e. The Balaban J connectivity index is 1.71. The standard InChI is InChI=1S/C19H38N2O6S/c1-28(26,27)21(15-9-5-4-6-10-15)12-8-3-2-7-11-20-13-17(23)19(25)18(24)16(20)14-22/h15-19,22-25H,2-14H2,1H3/t16-,17+,18-,19-/m1/s1. The van der Waals surface area contributed by atoms with Crippen LogP contribution in [0.25, 0.3) is 0 Å². The first-order valence-corrected chi connectivity index (χ1v) is 12.5. The average molecular weight is 423 g/mol. The van der Waals surface area contributed by atoms with Gasteiger partial charge >= 0.3 is 0 Å². The van der Waals surface area contributed by atoms with Crippen LogP contribution >= 0.6 is 0 Å². The van der Waals surface area contributed by atoms with E-state index >= 15 is 0 Å². The van der Waals surface area contributed by atoms with Gasteiger partial charge in [-0.3, -0.25) is 4.90 Å². The van der Waals surface area contributed by atoms with E-state index in [1.807, 2.05) is 4.90 Å². The predicted molar refractivity (Wildman–Crippen MR) is 107 cm³/mol. The van der Waals surface area contributed by atoms with Crippen LogP contribution in [-0.4, -0.2) is 101 Å². The van der Waals surface area contributed by atoms with Gasteiger partial charge < -0.3 is 20.4 Å². The Hall–Kier alpha value is -0.290. The Morgan fingerprint density at radius 1 is 0.964 bits per heavy atom. The molecular weight excluding hydrogens is 384 g/mol. The second-order valence-corrected chi connectivity index (χ2v) is 10.3. The van der Waals surface area contributed by atoms with Crippen molar-refractivity contribution in [1.29, 1.82) is 0 Å². The fourth-order valence-corrected chi connectivity index (χ4v) is 5.77. The van der Waals surface area contributed by atoms with Gasteiger partial charge in [0.05, 0.1) is 25.0 Å². The Morgan fingerprint density at radius 3 is 2.21 bits per heavy atom. The first kappa shape index (κ1) is 24.0. The van der Waals surface area contributed by atoms with Crippen molar-refractivity contribution in [3.8, 4) is 0 Å². The van der Waals surface area contributed by atoms with Gasteiger partial charge in [0, 0.05) is 19.1 Å². The minimum atomic E-state index is -3.18. The molecule has 8 nitrogen and oxygen atoms in total. The molecule has 4 N–H and O–H groups in total. The average Bonchev–Trinajstić information content (AvgIpc) is 2.65. The molecule has 1 aliphatic carbocycles. The molecule has 0 aromatic carbocycles. The van der Waals surface area contributed by atoms with Gasteiger partial charge in [-0.1, -0.05) is 32.1 Å². The molecule has 4 atom stereocenters. The molecule has 1 aliphatic heterocycles. The van der Waals surface area contributed by atoms with Crippen LogP contribution in [0.5, 0.6) is 0 Å². The highest BCUT2D eigenvalue weighted by molar-refractivity contribution is 7.88. The monoisotopic (exact) mass is 422 g/mol. The summed E-state index contributed by atoms with van der Waals surface area (Å²) in [5.74, 6) is 0. The van der Waals surface area contributed by atoms with Gasteiger partial charge in [-0.2, -0.15) is 4.31 Å². The van der Waals surface area contributed by atoms with Crippen LogP contribution < -0.4 is 0 Å². The Bertz CT molecular complexity index is 555. The van der Waals surface area contributed by atoms with Crippen LogP contribution in [0.1, 0.15) is 57.8 Å². The zero-order valence-electron chi connectivity index (χ0n) is 17.0. The summed E-state index contributed by atoms with van der Waals surface area (Å²) < 4.78 is 26.0. The van der Waals surface area contributed by atoms with Gasteiger partial charge in [0.25, 0.3) is 0 Å². The number of sulfonamides is 1. The van der Waals surface area contributed by atoms with E-state index in [2.05, 4.69) is 0 Å². The van der Waals surface area contributed by atoms with Crippen molar-refractivity contribution >= 4 is 10.0 Å². The fourth-order valence-electron chi connectivity index (χ4n) is 4.56. The molecule has 0 unspecified atom stereocenters. The number of piperidine rings is 1. The van der Waals surface area contributed by atoms with Crippen molar-refractivity contribution in [2.45, 2.75) is 88.2 Å². The molecule has 0 radical (unpaired) electrons. The molecule has 1 saturated carbocycles. The molecule has 0 amide bonds. The van der Waals surface area contributed by atoms with Crippen molar-refractivity contribution in [3.05, 3.63) is 0 Å². The van der Waals surface area contributed by atoms with E-state index in [1.165, 1.54) is 12.7 Å². The van der Waals surface area contributed by atoms with E-state index in [-0.39, 0.29) is 19.2 Å². The van der Waals surface area contributed by atoms with E-state index in [9.17, 15) is 28.8 Å². The van der Waals surface area contributed by atoms with Crippen LogP contribution in [0.4, 0.5) is 0 Å². The Morgan fingerprint density at radius 2 is 1.61 bits per heavy atom. The normalized spacial score (nSPS) is 30.8. The summed E-state index contributed by atoms with van der Waals surface area (Å²) in [6.45, 7) is 1.14. The number of hydrogen-bond donors (Lipinski definition) is 4. The highest BCUT2D eigenvalue weighted by Crippen LogP contribution is 2.25. The lowest BCUT2D eigenvalue weighted by Gasteiger charge is -2.43. The van der Waals surface area contributed by atoms with E-state index < -0.39 is 34.4 Å². The van der Waals surface area contributed by atoms with Crippen molar-refractivity contribution < 1.29 is 28.8 Å². The SMILES string of the molecule is CS(=O)(=O)N(CCCCCCN1C[C@H](O)[C@@H](O)[C@H](O)[C@H]1CO)C1CCCCC1. The number of aliphatic hydroxyl groups excluding tert-OH is 4. The summed E-state index contributed by atoms with van der Waals surface area (Å²) in [5.41, 5.74) is 0. The third-order valence-corrected chi connectivity index (χ3v) is 7.53. The molecule has 1 saturated heterocycles. The highest BCUT2D eigenvalue weighted by Gasteiger charge is 2.40. The zero-order chi connectivity index (χ0) is 20.7. The lowest BCUT2D eigenvalue weighted by molar-refractivity contribution is -0.145. The molecule has 9 heteroatoms. The summed E-state index contributed by atoms with van der Waals surface area (Å²) in [6.07, 6.45) is 6.68. The van der Waals surface area contributed by atoms with E-state index in [4.69, 9.17) is 0 Å². The molecular formula is C19H38N2O6S. The maximum Gasteiger partial charge on any atom is 0.211 e. The quantitative estimate of drug-likeness (QED) is 0.363. The third-order valence-electron chi connectivity index (χ3n) is 6.20. The van der Waals surface area contributed by atoms with Gasteiger partial charge in [0.1, 0.15) is 12.2 Å². The van der Waals surface area contributed by atoms with Crippen molar-refractivity contribution in [2.24, 2.45) is 0 Å². The summed E-state index contributed by atoms with van der Waals surface area (Å²) in [6, 6.07) is -0.415. The van der Waals surface area contributed by atoms with Crippen LogP contribution in [-0.2, 0) is 10.0 Å². The molecule has 0 bridgehead atoms. The molecule has 2 fully saturated rings. The largest absolute Gasteiger partial charge is 0.395 e. The summed E-state index contributed by atoms with van der Waals surface area (Å²) in [4.78, 5) is 1.83. The number of β-amino-alcohol motifs (C(OH)–C–C–N with tert-alkyl or cyclic N) is 1. The predicted octanol–water partition coefficient (Wildman–Crippen LogP) is -0.0997. The van der Waals surface area contributed by atoms with Crippen LogP contribution in [0, 0.1) is 0 Å². The molecule has 0 aromatic rings. The van der Waals surface area contributed by atoms with Gasteiger partial charge in [-0.25, -0.2) is 8.42 Å². The second-order valence-electron chi connectivity index (χ2n) is 8.37. The molecule has 0 spiro atoms. The number of unbranched alkanes of at least 4 members (excludes halogenated alkanes) is 3. The number of rotatable bonds is 10. The Kier molecular flexibility index (Phi) is 9.59. The lowest BCUT2D eigenvalue weighted by atomic mass is 9.94. The zero-order valence-corrected chi connectivity index (χ0v) is 17.8. The van der Waals surface area contributed by atoms with E-state index in [0.717, 1.165) is 51.4 Å². The number of nitrogens with zero attached hydrogens (tertiary/aromatic N) is 2. The highest BCUT2D eigenvalue weighted by atomic mass is 32.2. The molecule has 0 aromatic heterocycles. The summed E-state index contributed by atoms with van der Waals surface area (Å²) in [7, 11) is -3.18. The van der Waals surface area contributed by atoms with Crippen LogP contribution in [0.15, 0.2) is 0 Å². The maximum atomic E-state index is 12.1. The van der Waals surface area contributed by atoms with E-state index in [0.29, 0.717) is 13.1 Å². The number of aliphatic hydroxyl groups is 4. The summed E-state index contributed by atoms with van der Waals surface area (Å²) in [5, 5.41) is 39.1. The van der Waals surface area contributed by atoms with Crippen molar-refractivity contribution in [2.75, 3.05) is 32.5 Å². The molecule has 166 valence electrons. The molecule has 28 heavy (non-hydrogen) atoms. The van der Waals surface area contributed by atoms with E-state index in [1.54, 1.807) is 4.31 Å². The van der Waals surface area contributed by atoms with Gasteiger partial charge in [-0.15, -0.1) is 0 Å². The lowest BCUT2D eigenvalue weighted by Crippen LogP contribution is -2.62. The minimum absolute atomic E-state index is 0.150. The van der Waals surface area contributed by atoms with Crippen molar-refractivity contribution in [3.63, 3.8) is 0 Å². The van der Waals surface area contributed by atoms with Crippen molar-refractivity contribution in [1.82, 2.24) is 9.21 Å². The number of hydrogen-bond acceptors (Lipinski definition) is 7. The Labute approximate surface area is 169 Å². The first-order valence-electron chi connectivity index (χ1n) is 10.6. The number of likely N-dealkylation sites (tertiary alicyclic amines) is 1. The second kappa shape index (κ2) is 11.2. The topological polar surface area (TPSA) is 122 Å². The van der Waals surface area contributed by atoms with Gasteiger partial charge in [0.2, 0.25) is 10.0 Å². The molecule has 1 heterocycles. The third kappa shape index (κ3) is 6.62. The van der Waals surface area contributed by atoms with Crippen LogP contribution in [0.3, 0.4) is 0 Å². The first-order chi connectivity index (χ1) is 13.3. The molecule has 2 aliphatic rings. The smallest absolute Gasteiger partial charge is 0.211 e. The van der Waals surface area contributed by atoms with Gasteiger partial charge in [-0.05, 0) is 32.2 Å². The van der Waals surface area contributed by atoms with Gasteiger partial charge in [0.15, 0.2) is 0 Å². The summed E-state index contributed by atoms with van der Waals surface area (Å²) >= 11 is 0. The van der Waals surface area contributed by atoms with Crippen LogP contribution in [0.2, 0.25) is 0 Å². The fraction of sp³-hybridized carbons (Fsp3) is 1.00. The molecule has 2 rings (SSSR count).